The average molecular weight is 148 g/mol. The lowest BCUT2D eigenvalue weighted by atomic mass is 10.6. The molecular formula is C8H20S. The summed E-state index contributed by atoms with van der Waals surface area (Å²) >= 11 is 0. The smallest absolute Gasteiger partial charge is 0.0171 e. The van der Waals surface area contributed by atoms with Crippen molar-refractivity contribution in [1.29, 1.82) is 0 Å². The lowest BCUT2D eigenvalue weighted by Crippen LogP contribution is -2.14. The largest absolute Gasteiger partial charge is 0.242 e. The second-order valence-corrected chi connectivity index (χ2v) is 7.78. The molecule has 0 aliphatic heterocycles. The Morgan fingerprint density at radius 1 is 1.11 bits per heavy atom. The summed E-state index contributed by atoms with van der Waals surface area (Å²) in [6.07, 6.45) is 2.46. The summed E-state index contributed by atoms with van der Waals surface area (Å²) in [5.74, 6) is 2.78. The van der Waals surface area contributed by atoms with Crippen LogP contribution in [0.5, 0.6) is 0 Å². The molecule has 0 aromatic carbocycles. The van der Waals surface area contributed by atoms with Crippen molar-refractivity contribution in [2.24, 2.45) is 0 Å². The lowest BCUT2D eigenvalue weighted by Gasteiger charge is -2.38. The molecule has 0 bridgehead atoms. The van der Waals surface area contributed by atoms with Gasteiger partial charge >= 0.3 is 0 Å². The molecule has 9 heavy (non-hydrogen) atoms. The summed E-state index contributed by atoms with van der Waals surface area (Å²) in [6.45, 7) is 9.34. The molecular weight excluding hydrogens is 128 g/mol. The highest BCUT2D eigenvalue weighted by Crippen LogP contribution is 2.47. The molecule has 0 aromatic heterocycles. The summed E-state index contributed by atoms with van der Waals surface area (Å²) in [7, 11) is -0.231. The molecule has 0 saturated heterocycles. The Labute approximate surface area is 61.4 Å². The molecule has 0 heterocycles. The predicted octanol–water partition coefficient (Wildman–Crippen LogP) is 2.87. The van der Waals surface area contributed by atoms with Gasteiger partial charge in [-0.3, -0.25) is 0 Å². The summed E-state index contributed by atoms with van der Waals surface area (Å²) in [5.41, 5.74) is 0. The van der Waals surface area contributed by atoms with Gasteiger partial charge in [-0.2, -0.15) is 0 Å². The Balaban J connectivity index is 3.92. The molecule has 0 saturated carbocycles. The third-order valence-corrected chi connectivity index (χ3v) is 7.37. The minimum absolute atomic E-state index is 0.231. The van der Waals surface area contributed by atoms with E-state index in [-0.39, 0.29) is 10.0 Å². The van der Waals surface area contributed by atoms with Crippen LogP contribution in [0.1, 0.15) is 27.7 Å². The molecule has 58 valence electrons. The molecule has 1 heteroatoms. The van der Waals surface area contributed by atoms with Gasteiger partial charge in [-0.25, -0.2) is 10.0 Å². The Hall–Kier alpha value is 0.350. The van der Waals surface area contributed by atoms with Crippen molar-refractivity contribution in [3.63, 3.8) is 0 Å². The second kappa shape index (κ2) is 3.50. The van der Waals surface area contributed by atoms with Gasteiger partial charge in [0.2, 0.25) is 0 Å². The highest BCUT2D eigenvalue weighted by molar-refractivity contribution is 8.33. The summed E-state index contributed by atoms with van der Waals surface area (Å²) in [6, 6.07) is 0. The Morgan fingerprint density at radius 3 is 1.44 bits per heavy atom. The topological polar surface area (TPSA) is 0 Å². The van der Waals surface area contributed by atoms with Crippen LogP contribution in [0, 0.1) is 0 Å². The molecule has 0 aliphatic rings. The summed E-state index contributed by atoms with van der Waals surface area (Å²) in [4.78, 5) is 0. The minimum Gasteiger partial charge on any atom is -0.242 e. The van der Waals surface area contributed by atoms with Crippen molar-refractivity contribution < 1.29 is 0 Å². The van der Waals surface area contributed by atoms with Crippen LogP contribution in [0.25, 0.3) is 0 Å². The highest BCUT2D eigenvalue weighted by Gasteiger charge is 2.16. The van der Waals surface area contributed by atoms with Crippen LogP contribution in [0.4, 0.5) is 0 Å². The standard InChI is InChI=1S/C8H20S/c1-6-9(5,7-2)8(3)4/h8H,6-7H2,1-5H3. The molecule has 0 nitrogen and oxygen atoms in total. The summed E-state index contributed by atoms with van der Waals surface area (Å²) in [5, 5.41) is 0.910. The molecule has 0 unspecified atom stereocenters. The van der Waals surface area contributed by atoms with Crippen molar-refractivity contribution in [1.82, 2.24) is 0 Å². The predicted molar refractivity (Wildman–Crippen MR) is 49.7 cm³/mol. The van der Waals surface area contributed by atoms with Crippen LogP contribution < -0.4 is 0 Å². The third-order valence-electron chi connectivity index (χ3n) is 2.46. The van der Waals surface area contributed by atoms with E-state index in [1.165, 1.54) is 11.5 Å². The Bertz CT molecular complexity index is 72.6. The number of hydrogen-bond donors (Lipinski definition) is 0. The van der Waals surface area contributed by atoms with Gasteiger partial charge in [-0.05, 0) is 23.0 Å². The molecule has 0 radical (unpaired) electrons. The van der Waals surface area contributed by atoms with E-state index in [0.29, 0.717) is 0 Å². The molecule has 0 atom stereocenters. The zero-order valence-corrected chi connectivity index (χ0v) is 8.22. The van der Waals surface area contributed by atoms with Crippen LogP contribution in [0.15, 0.2) is 0 Å². The van der Waals surface area contributed by atoms with Crippen molar-refractivity contribution in [2.75, 3.05) is 17.8 Å². The molecule has 0 amide bonds. The number of hydrogen-bond acceptors (Lipinski definition) is 0. The van der Waals surface area contributed by atoms with E-state index < -0.39 is 0 Å². The lowest BCUT2D eigenvalue weighted by molar-refractivity contribution is 1.07. The SMILES string of the molecule is CCS(C)(CC)C(C)C. The molecule has 0 spiro atoms. The van der Waals surface area contributed by atoms with E-state index in [2.05, 4.69) is 34.0 Å². The van der Waals surface area contributed by atoms with Gasteiger partial charge < -0.3 is 0 Å². The van der Waals surface area contributed by atoms with Gasteiger partial charge in [-0.15, -0.1) is 0 Å². The molecule has 0 fully saturated rings. The van der Waals surface area contributed by atoms with E-state index in [1.807, 2.05) is 0 Å². The average Bonchev–Trinajstić information content (AvgIpc) is 1.86. The van der Waals surface area contributed by atoms with E-state index >= 15 is 0 Å². The highest BCUT2D eigenvalue weighted by atomic mass is 32.3. The first kappa shape index (κ1) is 9.35. The molecule has 0 N–H and O–H groups in total. The maximum absolute atomic E-state index is 2.46. The van der Waals surface area contributed by atoms with Crippen molar-refractivity contribution in [3.05, 3.63) is 0 Å². The molecule has 0 aromatic rings. The normalized spacial score (nSPS) is 14.4. The minimum atomic E-state index is -0.231. The molecule has 0 aliphatic carbocycles. The fourth-order valence-corrected chi connectivity index (χ4v) is 2.61. The van der Waals surface area contributed by atoms with E-state index in [9.17, 15) is 0 Å². The maximum Gasteiger partial charge on any atom is -0.0171 e. The van der Waals surface area contributed by atoms with Crippen LogP contribution in [-0.4, -0.2) is 23.0 Å². The third kappa shape index (κ3) is 2.21. The van der Waals surface area contributed by atoms with Gasteiger partial charge in [0.15, 0.2) is 0 Å². The van der Waals surface area contributed by atoms with Gasteiger partial charge in [0.05, 0.1) is 0 Å². The summed E-state index contributed by atoms with van der Waals surface area (Å²) < 4.78 is 0. The maximum atomic E-state index is 2.46. The zero-order chi connectivity index (χ0) is 7.49. The van der Waals surface area contributed by atoms with Gasteiger partial charge in [-0.1, -0.05) is 27.7 Å². The number of rotatable bonds is 3. The first-order chi connectivity index (χ1) is 4.06. The van der Waals surface area contributed by atoms with E-state index in [4.69, 9.17) is 0 Å². The van der Waals surface area contributed by atoms with Crippen LogP contribution >= 0.6 is 10.0 Å². The van der Waals surface area contributed by atoms with Crippen LogP contribution in [0.3, 0.4) is 0 Å². The Kier molecular flexibility index (Phi) is 3.64. The zero-order valence-electron chi connectivity index (χ0n) is 7.40. The monoisotopic (exact) mass is 148 g/mol. The van der Waals surface area contributed by atoms with Crippen molar-refractivity contribution >= 4 is 10.0 Å². The fraction of sp³-hybridized carbons (Fsp3) is 1.00. The van der Waals surface area contributed by atoms with Gasteiger partial charge in [0.1, 0.15) is 0 Å². The van der Waals surface area contributed by atoms with Crippen LogP contribution in [0.2, 0.25) is 0 Å². The van der Waals surface area contributed by atoms with Gasteiger partial charge in [0, 0.05) is 0 Å². The Morgan fingerprint density at radius 2 is 1.44 bits per heavy atom. The first-order valence-corrected chi connectivity index (χ1v) is 6.23. The fourth-order valence-electron chi connectivity index (χ4n) is 0.871. The van der Waals surface area contributed by atoms with E-state index in [0.717, 1.165) is 5.25 Å². The second-order valence-electron chi connectivity index (χ2n) is 2.98. The first-order valence-electron chi connectivity index (χ1n) is 3.79. The van der Waals surface area contributed by atoms with Crippen LogP contribution in [-0.2, 0) is 0 Å². The quantitative estimate of drug-likeness (QED) is 0.577. The van der Waals surface area contributed by atoms with Gasteiger partial charge in [0.25, 0.3) is 0 Å². The molecule has 0 rings (SSSR count). The van der Waals surface area contributed by atoms with Crippen molar-refractivity contribution in [3.8, 4) is 0 Å². The van der Waals surface area contributed by atoms with Crippen molar-refractivity contribution in [2.45, 2.75) is 32.9 Å². The van der Waals surface area contributed by atoms with E-state index in [1.54, 1.807) is 0 Å².